The lowest BCUT2D eigenvalue weighted by Gasteiger charge is -2.21. The van der Waals surface area contributed by atoms with E-state index in [0.717, 1.165) is 30.0 Å². The van der Waals surface area contributed by atoms with Crippen molar-refractivity contribution in [2.24, 2.45) is 0 Å². The summed E-state index contributed by atoms with van der Waals surface area (Å²) in [5, 5.41) is 1.29. The number of hydrogen-bond acceptors (Lipinski definition) is 2. The normalized spacial score (nSPS) is 20.3. The van der Waals surface area contributed by atoms with Crippen LogP contribution in [-0.4, -0.2) is 39.6 Å². The Labute approximate surface area is 123 Å². The molecule has 0 saturated heterocycles. The third-order valence-electron chi connectivity index (χ3n) is 4.37. The van der Waals surface area contributed by atoms with E-state index in [1.165, 1.54) is 16.5 Å². The maximum absolute atomic E-state index is 12.1. The first-order chi connectivity index (χ1) is 9.58. The Morgan fingerprint density at radius 2 is 2.15 bits per heavy atom. The number of rotatable bonds is 3. The molecule has 3 rings (SSSR count). The van der Waals surface area contributed by atoms with Crippen LogP contribution < -0.4 is 0 Å². The van der Waals surface area contributed by atoms with Crippen LogP contribution in [0.25, 0.3) is 10.9 Å². The van der Waals surface area contributed by atoms with E-state index >= 15 is 0 Å². The molecular formula is C16H22N2OS. The third-order valence-corrected chi connectivity index (χ3v) is 5.90. The highest BCUT2D eigenvalue weighted by Gasteiger charge is 2.19. The number of benzene rings is 1. The lowest BCUT2D eigenvalue weighted by Crippen LogP contribution is -2.28. The van der Waals surface area contributed by atoms with Gasteiger partial charge in [0.05, 0.1) is 10.8 Å². The maximum atomic E-state index is 12.1. The summed E-state index contributed by atoms with van der Waals surface area (Å²) in [6.07, 6.45) is 4.27. The minimum absolute atomic E-state index is 0.496. The van der Waals surface area contributed by atoms with Crippen LogP contribution >= 0.6 is 0 Å². The fraction of sp³-hybridized carbons (Fsp3) is 0.500. The predicted octanol–water partition coefficient (Wildman–Crippen LogP) is 2.65. The van der Waals surface area contributed by atoms with Gasteiger partial charge >= 0.3 is 0 Å². The molecule has 4 heteroatoms. The molecule has 108 valence electrons. The van der Waals surface area contributed by atoms with Crippen LogP contribution in [0.15, 0.2) is 29.3 Å². The zero-order valence-electron chi connectivity index (χ0n) is 12.4. The fourth-order valence-electron chi connectivity index (χ4n) is 2.88. The van der Waals surface area contributed by atoms with Crippen LogP contribution in [0.5, 0.6) is 0 Å². The summed E-state index contributed by atoms with van der Waals surface area (Å²) in [7, 11) is 3.43. The van der Waals surface area contributed by atoms with Crippen molar-refractivity contribution >= 4 is 21.7 Å². The van der Waals surface area contributed by atoms with Crippen LogP contribution in [0.1, 0.15) is 18.9 Å². The van der Waals surface area contributed by atoms with E-state index in [-0.39, 0.29) is 0 Å². The number of aromatic nitrogens is 1. The van der Waals surface area contributed by atoms with Gasteiger partial charge in [0, 0.05) is 40.3 Å². The first-order valence-corrected chi connectivity index (χ1v) is 8.55. The van der Waals surface area contributed by atoms with Crippen molar-refractivity contribution in [2.45, 2.75) is 37.2 Å². The molecule has 0 aliphatic carbocycles. The lowest BCUT2D eigenvalue weighted by molar-refractivity contribution is 0.286. The third kappa shape index (κ3) is 2.31. The first-order valence-electron chi connectivity index (χ1n) is 7.23. The molecule has 0 spiro atoms. The fourth-order valence-corrected chi connectivity index (χ4v) is 4.21. The maximum Gasteiger partial charge on any atom is 0.0532 e. The van der Waals surface area contributed by atoms with E-state index in [4.69, 9.17) is 0 Å². The zero-order chi connectivity index (χ0) is 14.3. The van der Waals surface area contributed by atoms with Gasteiger partial charge in [-0.1, -0.05) is 0 Å². The van der Waals surface area contributed by atoms with Gasteiger partial charge in [-0.15, -0.1) is 0 Å². The summed E-state index contributed by atoms with van der Waals surface area (Å²) in [6.45, 7) is 3.22. The van der Waals surface area contributed by atoms with Crippen LogP contribution in [0.3, 0.4) is 0 Å². The topological polar surface area (TPSA) is 25.2 Å². The molecule has 1 aliphatic heterocycles. The Kier molecular flexibility index (Phi) is 3.69. The average molecular weight is 290 g/mol. The molecule has 2 atom stereocenters. The van der Waals surface area contributed by atoms with Crippen molar-refractivity contribution in [1.29, 1.82) is 0 Å². The second-order valence-electron chi connectivity index (χ2n) is 5.91. The van der Waals surface area contributed by atoms with Gasteiger partial charge in [-0.3, -0.25) is 4.21 Å². The first kappa shape index (κ1) is 13.8. The van der Waals surface area contributed by atoms with Gasteiger partial charge in [0.25, 0.3) is 0 Å². The van der Waals surface area contributed by atoms with Gasteiger partial charge in [0.15, 0.2) is 0 Å². The van der Waals surface area contributed by atoms with Crippen LogP contribution in [0.2, 0.25) is 0 Å². The van der Waals surface area contributed by atoms with E-state index in [9.17, 15) is 4.21 Å². The van der Waals surface area contributed by atoms with Crippen molar-refractivity contribution in [3.8, 4) is 0 Å². The molecule has 0 saturated carbocycles. The minimum Gasteiger partial charge on any atom is -0.346 e. The van der Waals surface area contributed by atoms with Crippen molar-refractivity contribution in [1.82, 2.24) is 9.47 Å². The van der Waals surface area contributed by atoms with Gasteiger partial charge in [-0.25, -0.2) is 0 Å². The molecule has 0 amide bonds. The van der Waals surface area contributed by atoms with Gasteiger partial charge in [-0.2, -0.15) is 0 Å². The second kappa shape index (κ2) is 5.34. The highest BCUT2D eigenvalue weighted by atomic mass is 32.2. The Morgan fingerprint density at radius 1 is 1.35 bits per heavy atom. The van der Waals surface area contributed by atoms with Crippen molar-refractivity contribution < 1.29 is 4.21 Å². The highest BCUT2D eigenvalue weighted by Crippen LogP contribution is 2.30. The quantitative estimate of drug-likeness (QED) is 0.868. The zero-order valence-corrected chi connectivity index (χ0v) is 13.2. The molecule has 1 unspecified atom stereocenters. The predicted molar refractivity (Wildman–Crippen MR) is 84.7 cm³/mol. The summed E-state index contributed by atoms with van der Waals surface area (Å²) >= 11 is 0. The molecule has 1 aliphatic rings. The Bertz CT molecular complexity index is 660. The summed E-state index contributed by atoms with van der Waals surface area (Å²) in [5.74, 6) is 0.816. The Hall–Kier alpha value is -1.13. The monoisotopic (exact) mass is 290 g/mol. The molecule has 3 nitrogen and oxygen atoms in total. The number of nitrogens with zero attached hydrogens (tertiary/aromatic N) is 2. The van der Waals surface area contributed by atoms with Crippen molar-refractivity contribution in [2.75, 3.05) is 19.8 Å². The number of aryl methyl sites for hydroxylation is 1. The molecule has 2 aromatic rings. The number of hydrogen-bond donors (Lipinski definition) is 0. The molecule has 2 heterocycles. The van der Waals surface area contributed by atoms with E-state index < -0.39 is 10.8 Å². The van der Waals surface area contributed by atoms with E-state index in [1.807, 2.05) is 0 Å². The lowest BCUT2D eigenvalue weighted by atomic mass is 10.1. The van der Waals surface area contributed by atoms with E-state index in [0.29, 0.717) is 6.04 Å². The van der Waals surface area contributed by atoms with Crippen LogP contribution in [-0.2, 0) is 23.8 Å². The van der Waals surface area contributed by atoms with Crippen molar-refractivity contribution in [3.05, 3.63) is 30.0 Å². The minimum atomic E-state index is -0.797. The smallest absolute Gasteiger partial charge is 0.0532 e. The molecule has 20 heavy (non-hydrogen) atoms. The summed E-state index contributed by atoms with van der Waals surface area (Å²) in [4.78, 5) is 3.29. The van der Waals surface area contributed by atoms with Crippen LogP contribution in [0, 0.1) is 0 Å². The van der Waals surface area contributed by atoms with Gasteiger partial charge in [0.1, 0.15) is 0 Å². The summed E-state index contributed by atoms with van der Waals surface area (Å²) < 4.78 is 14.4. The Morgan fingerprint density at radius 3 is 2.90 bits per heavy atom. The van der Waals surface area contributed by atoms with Gasteiger partial charge < -0.3 is 9.47 Å². The van der Waals surface area contributed by atoms with Gasteiger partial charge in [-0.05, 0) is 57.6 Å². The molecule has 1 aromatic heterocycles. The molecule has 0 fully saturated rings. The molecular weight excluding hydrogens is 268 g/mol. The molecule has 0 N–H and O–H groups in total. The molecule has 0 bridgehead atoms. The van der Waals surface area contributed by atoms with Gasteiger partial charge in [0.2, 0.25) is 0 Å². The number of likely N-dealkylation sites (N-methyl/N-ethyl adjacent to an activating group) is 1. The number of fused-ring (bicyclic) bond motifs is 3. The summed E-state index contributed by atoms with van der Waals surface area (Å²) in [6, 6.07) is 6.90. The van der Waals surface area contributed by atoms with Crippen LogP contribution in [0.4, 0.5) is 0 Å². The highest BCUT2D eigenvalue weighted by molar-refractivity contribution is 7.85. The molecule has 1 aromatic carbocycles. The summed E-state index contributed by atoms with van der Waals surface area (Å²) in [5.41, 5.74) is 2.58. The van der Waals surface area contributed by atoms with Crippen molar-refractivity contribution in [3.63, 3.8) is 0 Å². The molecule has 0 radical (unpaired) electrons. The standard InChI is InChI=1S/C16H22N2OS/c1-12(17(2)3)11-18-9-8-13-14-5-4-10-20(19)16(14)7-6-15(13)18/h6-9,12H,4-5,10-11H2,1-3H3/t12-,20?/m1/s1. The second-order valence-corrected chi connectivity index (χ2v) is 7.45. The Balaban J connectivity index is 2.04. The van der Waals surface area contributed by atoms with E-state index in [2.05, 4.69) is 54.9 Å². The van der Waals surface area contributed by atoms with E-state index in [1.54, 1.807) is 0 Å². The SMILES string of the molecule is C[C@H](Cn1ccc2c3c(ccc21)S(=O)CCC3)N(C)C. The average Bonchev–Trinajstić information content (AvgIpc) is 2.82. The largest absolute Gasteiger partial charge is 0.346 e.